The van der Waals surface area contributed by atoms with Gasteiger partial charge in [-0.1, -0.05) is 6.92 Å². The molecule has 0 radical (unpaired) electrons. The summed E-state index contributed by atoms with van der Waals surface area (Å²) in [5.41, 5.74) is 2.60. The number of carboxylic acid groups (broad SMARTS) is 1. The second kappa shape index (κ2) is 5.00. The molecular weight excluding hydrogens is 230 g/mol. The quantitative estimate of drug-likeness (QED) is 0.897. The number of hydrogen-bond donors (Lipinski definition) is 1. The summed E-state index contributed by atoms with van der Waals surface area (Å²) in [4.78, 5) is 14.9. The Morgan fingerprint density at radius 1 is 1.39 bits per heavy atom. The molecule has 18 heavy (non-hydrogen) atoms. The Kier molecular flexibility index (Phi) is 3.41. The molecule has 0 atom stereocenters. The Morgan fingerprint density at radius 3 is 2.78 bits per heavy atom. The van der Waals surface area contributed by atoms with Gasteiger partial charge in [0.1, 0.15) is 0 Å². The number of carboxylic acids is 1. The van der Waals surface area contributed by atoms with Gasteiger partial charge in [0.25, 0.3) is 0 Å². The van der Waals surface area contributed by atoms with Gasteiger partial charge < -0.3 is 5.11 Å². The fourth-order valence-corrected chi connectivity index (χ4v) is 1.82. The number of aromatic carboxylic acids is 1. The topological polar surface area (TPSA) is 68.0 Å². The molecule has 2 rings (SSSR count). The highest BCUT2D eigenvalue weighted by molar-refractivity contribution is 5.87. The van der Waals surface area contributed by atoms with Crippen molar-refractivity contribution in [2.45, 2.75) is 26.8 Å². The third-order valence-electron chi connectivity index (χ3n) is 2.70. The molecule has 0 aromatic carbocycles. The van der Waals surface area contributed by atoms with Crippen molar-refractivity contribution in [3.8, 4) is 11.1 Å². The summed E-state index contributed by atoms with van der Waals surface area (Å²) in [5.74, 6) is -0.999. The van der Waals surface area contributed by atoms with Crippen LogP contribution >= 0.6 is 0 Å². The van der Waals surface area contributed by atoms with Gasteiger partial charge in [-0.25, -0.2) is 9.78 Å². The summed E-state index contributed by atoms with van der Waals surface area (Å²) in [6.07, 6.45) is 6.31. The van der Waals surface area contributed by atoms with Crippen LogP contribution in [0.3, 0.4) is 0 Å². The molecule has 0 spiro atoms. The van der Waals surface area contributed by atoms with E-state index in [1.807, 2.05) is 16.9 Å². The second-order valence-corrected chi connectivity index (χ2v) is 4.19. The first-order valence-electron chi connectivity index (χ1n) is 5.84. The van der Waals surface area contributed by atoms with E-state index in [2.05, 4.69) is 17.0 Å². The molecule has 5 heteroatoms. The van der Waals surface area contributed by atoms with Crippen LogP contribution in [-0.2, 0) is 6.54 Å². The first-order chi connectivity index (χ1) is 8.61. The number of rotatable bonds is 4. The van der Waals surface area contributed by atoms with Crippen molar-refractivity contribution in [3.63, 3.8) is 0 Å². The Morgan fingerprint density at radius 2 is 2.17 bits per heavy atom. The van der Waals surface area contributed by atoms with Crippen LogP contribution in [0.2, 0.25) is 0 Å². The largest absolute Gasteiger partial charge is 0.477 e. The molecule has 0 unspecified atom stereocenters. The average molecular weight is 245 g/mol. The lowest BCUT2D eigenvalue weighted by molar-refractivity contribution is 0.0689. The molecule has 0 aliphatic carbocycles. The maximum absolute atomic E-state index is 10.9. The van der Waals surface area contributed by atoms with Crippen LogP contribution in [0.4, 0.5) is 0 Å². The molecule has 94 valence electrons. The fraction of sp³-hybridized carbons (Fsp3) is 0.308. The second-order valence-electron chi connectivity index (χ2n) is 4.19. The molecule has 0 aliphatic heterocycles. The van der Waals surface area contributed by atoms with Crippen molar-refractivity contribution in [1.82, 2.24) is 14.8 Å². The minimum Gasteiger partial charge on any atom is -0.477 e. The lowest BCUT2D eigenvalue weighted by Crippen LogP contribution is -2.03. The average Bonchev–Trinajstić information content (AvgIpc) is 2.77. The van der Waals surface area contributed by atoms with Crippen molar-refractivity contribution in [3.05, 3.63) is 35.9 Å². The molecule has 0 fully saturated rings. The number of pyridine rings is 1. The van der Waals surface area contributed by atoms with E-state index >= 15 is 0 Å². The highest BCUT2D eigenvalue weighted by atomic mass is 16.4. The van der Waals surface area contributed by atoms with Crippen molar-refractivity contribution in [2.75, 3.05) is 0 Å². The molecule has 0 bridgehead atoms. The van der Waals surface area contributed by atoms with Crippen molar-refractivity contribution < 1.29 is 9.90 Å². The number of hydrogen-bond acceptors (Lipinski definition) is 3. The van der Waals surface area contributed by atoms with E-state index in [-0.39, 0.29) is 5.69 Å². The van der Waals surface area contributed by atoms with Gasteiger partial charge >= 0.3 is 5.97 Å². The number of carbonyl (C=O) groups is 1. The Bertz CT molecular complexity index is 575. The predicted octanol–water partition coefficient (Wildman–Crippen LogP) is 2.36. The van der Waals surface area contributed by atoms with Crippen LogP contribution in [0.1, 0.15) is 29.4 Å². The maximum Gasteiger partial charge on any atom is 0.354 e. The zero-order valence-electron chi connectivity index (χ0n) is 10.4. The van der Waals surface area contributed by atoms with E-state index in [1.54, 1.807) is 19.3 Å². The molecule has 2 aromatic heterocycles. The lowest BCUT2D eigenvalue weighted by atomic mass is 10.1. The van der Waals surface area contributed by atoms with E-state index in [0.717, 1.165) is 24.1 Å². The van der Waals surface area contributed by atoms with E-state index in [4.69, 9.17) is 5.11 Å². The molecular formula is C13H15N3O2. The van der Waals surface area contributed by atoms with E-state index in [1.165, 1.54) is 0 Å². The zero-order chi connectivity index (χ0) is 13.1. The van der Waals surface area contributed by atoms with Crippen LogP contribution in [0.15, 0.2) is 24.7 Å². The molecule has 0 saturated heterocycles. The molecule has 2 aromatic rings. The molecule has 2 heterocycles. The molecule has 0 saturated carbocycles. The van der Waals surface area contributed by atoms with Gasteiger partial charge in [0.05, 0.1) is 6.20 Å². The summed E-state index contributed by atoms with van der Waals surface area (Å²) >= 11 is 0. The van der Waals surface area contributed by atoms with Crippen LogP contribution < -0.4 is 0 Å². The van der Waals surface area contributed by atoms with Crippen LogP contribution in [0.5, 0.6) is 0 Å². The van der Waals surface area contributed by atoms with E-state index in [0.29, 0.717) is 5.56 Å². The van der Waals surface area contributed by atoms with Gasteiger partial charge in [-0.3, -0.25) is 4.68 Å². The van der Waals surface area contributed by atoms with Gasteiger partial charge in [-0.2, -0.15) is 5.10 Å². The first-order valence-corrected chi connectivity index (χ1v) is 5.84. The van der Waals surface area contributed by atoms with Crippen LogP contribution in [0.25, 0.3) is 11.1 Å². The first kappa shape index (κ1) is 12.3. The van der Waals surface area contributed by atoms with Gasteiger partial charge in [-0.15, -0.1) is 0 Å². The molecule has 5 nitrogen and oxygen atoms in total. The smallest absolute Gasteiger partial charge is 0.354 e. The van der Waals surface area contributed by atoms with Gasteiger partial charge in [0, 0.05) is 30.1 Å². The zero-order valence-corrected chi connectivity index (χ0v) is 10.4. The Balaban J connectivity index is 2.33. The number of nitrogens with zero attached hydrogens (tertiary/aromatic N) is 3. The minimum absolute atomic E-state index is 0.0969. The third-order valence-corrected chi connectivity index (χ3v) is 2.70. The van der Waals surface area contributed by atoms with Crippen molar-refractivity contribution in [1.29, 1.82) is 0 Å². The summed E-state index contributed by atoms with van der Waals surface area (Å²) in [6, 6.07) is 1.82. The summed E-state index contributed by atoms with van der Waals surface area (Å²) < 4.78 is 1.87. The van der Waals surface area contributed by atoms with Crippen molar-refractivity contribution >= 4 is 5.97 Å². The summed E-state index contributed by atoms with van der Waals surface area (Å²) in [5, 5.41) is 13.2. The molecule has 0 aliphatic rings. The molecule has 1 N–H and O–H groups in total. The highest BCUT2D eigenvalue weighted by Crippen LogP contribution is 2.20. The van der Waals surface area contributed by atoms with Crippen LogP contribution in [0, 0.1) is 6.92 Å². The number of aromatic nitrogens is 3. The van der Waals surface area contributed by atoms with Gasteiger partial charge in [0.15, 0.2) is 5.69 Å². The number of aryl methyl sites for hydroxylation is 2. The highest BCUT2D eigenvalue weighted by Gasteiger charge is 2.10. The van der Waals surface area contributed by atoms with Gasteiger partial charge in [-0.05, 0) is 25.0 Å². The molecule has 0 amide bonds. The standard InChI is InChI=1S/C13H15N3O2/c1-3-4-16-8-11(7-15-16)10-5-9(2)12(13(17)18)14-6-10/h5-8H,3-4H2,1-2H3,(H,17,18). The predicted molar refractivity (Wildman–Crippen MR) is 67.4 cm³/mol. The fourth-order valence-electron chi connectivity index (χ4n) is 1.82. The normalized spacial score (nSPS) is 10.6. The van der Waals surface area contributed by atoms with E-state index in [9.17, 15) is 4.79 Å². The van der Waals surface area contributed by atoms with Gasteiger partial charge in [0.2, 0.25) is 0 Å². The lowest BCUT2D eigenvalue weighted by Gasteiger charge is -2.02. The minimum atomic E-state index is -0.999. The van der Waals surface area contributed by atoms with Crippen LogP contribution in [-0.4, -0.2) is 25.8 Å². The maximum atomic E-state index is 10.9. The van der Waals surface area contributed by atoms with E-state index < -0.39 is 5.97 Å². The summed E-state index contributed by atoms with van der Waals surface area (Å²) in [6.45, 7) is 4.71. The third kappa shape index (κ3) is 2.40. The summed E-state index contributed by atoms with van der Waals surface area (Å²) in [7, 11) is 0. The van der Waals surface area contributed by atoms with Crippen molar-refractivity contribution in [2.24, 2.45) is 0 Å². The SMILES string of the molecule is CCCn1cc(-c2cnc(C(=O)O)c(C)c2)cn1. The Hall–Kier alpha value is -2.17. The monoisotopic (exact) mass is 245 g/mol. The Labute approximate surface area is 105 Å².